The molecule has 14 nitrogen and oxygen atoms in total. The number of nitriles is 1. The van der Waals surface area contributed by atoms with E-state index in [0.29, 0.717) is 17.4 Å². The minimum absolute atomic E-state index is 0.0226. The van der Waals surface area contributed by atoms with Gasteiger partial charge in [-0.05, 0) is 32.4 Å². The Bertz CT molecular complexity index is 1380. The summed E-state index contributed by atoms with van der Waals surface area (Å²) in [5, 5.41) is 41.9. The predicted molar refractivity (Wildman–Crippen MR) is 135 cm³/mol. The highest BCUT2D eigenvalue weighted by Gasteiger charge is 2.65. The van der Waals surface area contributed by atoms with Crippen LogP contribution < -0.4 is 15.8 Å². The number of nitrogens with zero attached hydrogens (tertiary/aromatic N) is 3. The maximum absolute atomic E-state index is 14.2. The average Bonchev–Trinajstić information content (AvgIpc) is 3.09. The second-order valence-corrected chi connectivity index (χ2v) is 11.1. The summed E-state index contributed by atoms with van der Waals surface area (Å²) in [4.78, 5) is 37.7. The smallest absolute Gasteiger partial charge is 0.462 e. The molecule has 1 fully saturated rings. The summed E-state index contributed by atoms with van der Waals surface area (Å²) in [5.74, 6) is -3.93. The summed E-state index contributed by atoms with van der Waals surface area (Å²) in [6, 6.07) is 9.27. The number of unbranched alkanes of at least 4 members (excludes halogenated alkanes) is 1. The van der Waals surface area contributed by atoms with Crippen molar-refractivity contribution in [3.63, 3.8) is 0 Å². The molecule has 1 aromatic carbocycles. The zero-order valence-electron chi connectivity index (χ0n) is 21.6. The van der Waals surface area contributed by atoms with E-state index in [1.54, 1.807) is 24.3 Å². The molecule has 0 spiro atoms. The van der Waals surface area contributed by atoms with Gasteiger partial charge in [0.1, 0.15) is 24.0 Å². The molecule has 0 unspecified atom stereocenters. The second-order valence-electron chi connectivity index (χ2n) is 9.20. The van der Waals surface area contributed by atoms with Gasteiger partial charge in [-0.1, -0.05) is 31.5 Å². The molecule has 1 aliphatic heterocycles. The van der Waals surface area contributed by atoms with Crippen LogP contribution in [-0.2, 0) is 24.5 Å². The molecule has 0 aliphatic carbocycles. The fourth-order valence-corrected chi connectivity index (χ4v) is 6.04. The normalized spacial score (nSPS) is 27.0. The number of para-hydroxylation sites is 1. The van der Waals surface area contributed by atoms with Crippen molar-refractivity contribution in [1.29, 1.82) is 5.26 Å². The van der Waals surface area contributed by atoms with Gasteiger partial charge in [0, 0.05) is 18.8 Å². The lowest BCUT2D eigenvalue weighted by molar-refractivity contribution is -0.291. The van der Waals surface area contributed by atoms with Crippen molar-refractivity contribution < 1.29 is 38.5 Å². The SMILES string of the molecule is CCCCN([C@H](C)C(=O)O)[P@@](=O)(OC[C@H]1O[C@@](O)(n2ccc(=O)[nH]c2=O)[C@](C)(C#N)[C@@H]1O)Oc1ccccc1. The van der Waals surface area contributed by atoms with Gasteiger partial charge in [0.15, 0.2) is 5.41 Å². The number of H-pyrrole nitrogens is 1. The molecule has 0 saturated carbocycles. The third-order valence-electron chi connectivity index (χ3n) is 6.54. The standard InChI is InChI=1S/C24H31N4O10P/c1-4-5-12-28(16(2)21(31)32)39(35,38-17-9-7-6-8-10-17)36-14-18-20(30)23(3,15-25)24(34,37-18)27-13-11-19(29)26-22(27)33/h6-11,13,16,18,20,30,34H,4-5,12,14H2,1-3H3,(H,31,32)(H,26,29,33)/t16-,18-,20-,23-,24-,39-/m1/s1. The maximum atomic E-state index is 14.2. The number of hydrogen-bond acceptors (Lipinski definition) is 10. The number of aliphatic hydroxyl groups is 2. The summed E-state index contributed by atoms with van der Waals surface area (Å²) < 4.78 is 32.8. The highest BCUT2D eigenvalue weighted by Crippen LogP contribution is 2.55. The van der Waals surface area contributed by atoms with E-state index in [0.717, 1.165) is 23.9 Å². The van der Waals surface area contributed by atoms with Crippen molar-refractivity contribution in [2.75, 3.05) is 13.2 Å². The first-order chi connectivity index (χ1) is 18.3. The molecule has 3 rings (SSSR count). The molecule has 1 aromatic heterocycles. The van der Waals surface area contributed by atoms with Crippen LogP contribution in [-0.4, -0.2) is 66.9 Å². The topological polar surface area (TPSA) is 204 Å². The molecule has 2 heterocycles. The lowest BCUT2D eigenvalue weighted by Gasteiger charge is -2.34. The highest BCUT2D eigenvalue weighted by molar-refractivity contribution is 7.51. The van der Waals surface area contributed by atoms with Crippen molar-refractivity contribution in [2.45, 2.75) is 57.8 Å². The van der Waals surface area contributed by atoms with Gasteiger partial charge in [-0.2, -0.15) is 9.93 Å². The number of nitrogens with one attached hydrogen (secondary N) is 1. The maximum Gasteiger partial charge on any atom is 0.462 e. The van der Waals surface area contributed by atoms with Crippen LogP contribution in [0.5, 0.6) is 5.75 Å². The van der Waals surface area contributed by atoms with Gasteiger partial charge in [0.25, 0.3) is 11.5 Å². The fraction of sp³-hybridized carbons (Fsp3) is 0.500. The number of hydrogen-bond donors (Lipinski definition) is 4. The number of aliphatic hydroxyl groups excluding tert-OH is 1. The molecule has 15 heteroatoms. The van der Waals surface area contributed by atoms with Gasteiger partial charge in [-0.25, -0.2) is 13.9 Å². The largest absolute Gasteiger partial charge is 0.480 e. The molecule has 1 saturated heterocycles. The minimum atomic E-state index is -4.47. The van der Waals surface area contributed by atoms with Crippen LogP contribution in [0.25, 0.3) is 0 Å². The molecule has 0 radical (unpaired) electrons. The number of aromatic amines is 1. The van der Waals surface area contributed by atoms with Crippen LogP contribution in [0.4, 0.5) is 0 Å². The first-order valence-electron chi connectivity index (χ1n) is 12.1. The van der Waals surface area contributed by atoms with Crippen LogP contribution in [0.1, 0.15) is 33.6 Å². The summed E-state index contributed by atoms with van der Waals surface area (Å²) in [6.07, 6.45) is -1.35. The predicted octanol–water partition coefficient (Wildman–Crippen LogP) is 1.21. The molecule has 6 atom stereocenters. The Hall–Kier alpha value is -3.31. The molecular formula is C24H31N4O10P. The summed E-state index contributed by atoms with van der Waals surface area (Å²) in [6.45, 7) is 3.60. The van der Waals surface area contributed by atoms with E-state index < -0.39 is 61.1 Å². The average molecular weight is 567 g/mol. The molecule has 212 valence electrons. The number of ether oxygens (including phenoxy) is 1. The van der Waals surface area contributed by atoms with Crippen molar-refractivity contribution in [1.82, 2.24) is 14.2 Å². The Morgan fingerprint density at radius 2 is 2.00 bits per heavy atom. The lowest BCUT2D eigenvalue weighted by Crippen LogP contribution is -2.53. The van der Waals surface area contributed by atoms with Crippen LogP contribution in [0, 0.1) is 16.7 Å². The van der Waals surface area contributed by atoms with E-state index in [4.69, 9.17) is 13.8 Å². The number of carbonyl (C=O) groups is 1. The Morgan fingerprint density at radius 1 is 1.33 bits per heavy atom. The van der Waals surface area contributed by atoms with Crippen LogP contribution in [0.15, 0.2) is 52.2 Å². The monoisotopic (exact) mass is 566 g/mol. The third kappa shape index (κ3) is 5.84. The molecule has 4 N–H and O–H groups in total. The van der Waals surface area contributed by atoms with E-state index in [-0.39, 0.29) is 12.3 Å². The Morgan fingerprint density at radius 3 is 2.56 bits per heavy atom. The van der Waals surface area contributed by atoms with Gasteiger partial charge < -0.3 is 24.6 Å². The number of benzene rings is 1. The van der Waals surface area contributed by atoms with E-state index >= 15 is 0 Å². The molecule has 1 aliphatic rings. The third-order valence-corrected chi connectivity index (χ3v) is 8.64. The molecule has 0 bridgehead atoms. The first-order valence-corrected chi connectivity index (χ1v) is 13.6. The van der Waals surface area contributed by atoms with Crippen molar-refractivity contribution in [3.8, 4) is 11.8 Å². The van der Waals surface area contributed by atoms with Gasteiger partial charge >= 0.3 is 19.4 Å². The van der Waals surface area contributed by atoms with Gasteiger partial charge in [-0.3, -0.25) is 19.1 Å². The molecule has 39 heavy (non-hydrogen) atoms. The number of carboxylic acids is 1. The molecular weight excluding hydrogens is 535 g/mol. The van der Waals surface area contributed by atoms with Gasteiger partial charge in [-0.15, -0.1) is 0 Å². The zero-order chi connectivity index (χ0) is 29.0. The summed E-state index contributed by atoms with van der Waals surface area (Å²) in [7, 11) is -4.47. The molecule has 0 amide bonds. The number of rotatable bonds is 12. The number of aliphatic carboxylic acids is 1. The second kappa shape index (κ2) is 11.8. The summed E-state index contributed by atoms with van der Waals surface area (Å²) in [5.41, 5.74) is -4.04. The number of carboxylic acid groups (broad SMARTS) is 1. The van der Waals surface area contributed by atoms with Crippen LogP contribution >= 0.6 is 7.75 Å². The Balaban J connectivity index is 1.99. The van der Waals surface area contributed by atoms with Crippen molar-refractivity contribution >= 4 is 13.7 Å². The van der Waals surface area contributed by atoms with Gasteiger partial charge in [0.2, 0.25) is 0 Å². The quantitative estimate of drug-likeness (QED) is 0.268. The molecule has 2 aromatic rings. The van der Waals surface area contributed by atoms with E-state index in [1.165, 1.54) is 19.1 Å². The lowest BCUT2D eigenvalue weighted by atomic mass is 9.82. The van der Waals surface area contributed by atoms with E-state index in [9.17, 15) is 39.5 Å². The zero-order valence-corrected chi connectivity index (χ0v) is 22.5. The van der Waals surface area contributed by atoms with Crippen LogP contribution in [0.2, 0.25) is 0 Å². The minimum Gasteiger partial charge on any atom is -0.480 e. The van der Waals surface area contributed by atoms with E-state index in [1.807, 2.05) is 11.9 Å². The Labute approximate surface area is 223 Å². The van der Waals surface area contributed by atoms with Gasteiger partial charge in [0.05, 0.1) is 12.7 Å². The fourth-order valence-electron chi connectivity index (χ4n) is 4.10. The van der Waals surface area contributed by atoms with Crippen LogP contribution in [0.3, 0.4) is 0 Å². The first kappa shape index (κ1) is 30.2. The summed E-state index contributed by atoms with van der Waals surface area (Å²) >= 11 is 0. The van der Waals surface area contributed by atoms with Crippen molar-refractivity contribution in [2.24, 2.45) is 5.41 Å². The van der Waals surface area contributed by atoms with E-state index in [2.05, 4.69) is 0 Å². The number of aromatic nitrogens is 2. The van der Waals surface area contributed by atoms with Crippen molar-refractivity contribution in [3.05, 3.63) is 63.4 Å². The highest BCUT2D eigenvalue weighted by atomic mass is 31.2. The Kier molecular flexibility index (Phi) is 9.17.